The number of carbonyl (C=O) groups excluding carboxylic acids is 1. The van der Waals surface area contributed by atoms with E-state index in [-0.39, 0.29) is 5.97 Å². The first-order valence-electron chi connectivity index (χ1n) is 5.29. The molecule has 0 rings (SSSR count). The summed E-state index contributed by atoms with van der Waals surface area (Å²) >= 11 is 0. The number of carbonyl (C=O) groups is 1. The van der Waals surface area contributed by atoms with Crippen LogP contribution >= 0.6 is 0 Å². The molecule has 0 bridgehead atoms. The van der Waals surface area contributed by atoms with Gasteiger partial charge in [-0.25, -0.2) is 0 Å². The first-order valence-corrected chi connectivity index (χ1v) is 5.29. The van der Waals surface area contributed by atoms with Gasteiger partial charge in [-0.3, -0.25) is 9.69 Å². The highest BCUT2D eigenvalue weighted by atomic mass is 16.5. The van der Waals surface area contributed by atoms with E-state index in [1.54, 1.807) is 0 Å². The van der Waals surface area contributed by atoms with Crippen molar-refractivity contribution < 1.29 is 9.53 Å². The Kier molecular flexibility index (Phi) is 7.65. The lowest BCUT2D eigenvalue weighted by Gasteiger charge is -2.25. The Hall–Kier alpha value is -1.08. The lowest BCUT2D eigenvalue weighted by Crippen LogP contribution is -2.32. The molecule has 0 N–H and O–H groups in total. The molecular weight excluding hydrogens is 192 g/mol. The van der Waals surface area contributed by atoms with Gasteiger partial charge in [0.1, 0.15) is 0 Å². The predicted molar refractivity (Wildman–Crippen MR) is 58.2 cm³/mol. The van der Waals surface area contributed by atoms with E-state index in [2.05, 4.69) is 29.6 Å². The van der Waals surface area contributed by atoms with Crippen molar-refractivity contribution in [1.29, 1.82) is 5.26 Å². The fraction of sp³-hybridized carbons (Fsp3) is 0.818. The predicted octanol–water partition coefficient (Wildman–Crippen LogP) is 1.56. The summed E-state index contributed by atoms with van der Waals surface area (Å²) in [5.41, 5.74) is 0. The van der Waals surface area contributed by atoms with E-state index < -0.39 is 0 Å². The fourth-order valence-corrected chi connectivity index (χ4v) is 1.35. The summed E-state index contributed by atoms with van der Waals surface area (Å²) in [4.78, 5) is 13.1. The summed E-state index contributed by atoms with van der Waals surface area (Å²) in [6, 6.07) is 2.54. The number of hydrogen-bond acceptors (Lipinski definition) is 4. The van der Waals surface area contributed by atoms with Crippen molar-refractivity contribution in [1.82, 2.24) is 4.90 Å². The fourth-order valence-electron chi connectivity index (χ4n) is 1.35. The minimum Gasteiger partial charge on any atom is -0.469 e. The van der Waals surface area contributed by atoms with Crippen molar-refractivity contribution in [2.45, 2.75) is 39.2 Å². The zero-order valence-electron chi connectivity index (χ0n) is 9.82. The Labute approximate surface area is 91.8 Å². The minimum atomic E-state index is -0.168. The van der Waals surface area contributed by atoms with Crippen molar-refractivity contribution in [2.24, 2.45) is 0 Å². The Morgan fingerprint density at radius 2 is 2.13 bits per heavy atom. The van der Waals surface area contributed by atoms with Gasteiger partial charge in [0.2, 0.25) is 0 Å². The van der Waals surface area contributed by atoms with Crippen LogP contribution in [-0.2, 0) is 9.53 Å². The van der Waals surface area contributed by atoms with Gasteiger partial charge in [0.25, 0.3) is 0 Å². The van der Waals surface area contributed by atoms with E-state index >= 15 is 0 Å². The maximum absolute atomic E-state index is 10.9. The largest absolute Gasteiger partial charge is 0.469 e. The molecule has 0 aliphatic heterocycles. The van der Waals surface area contributed by atoms with Gasteiger partial charge in [0.05, 0.1) is 13.2 Å². The zero-order valence-corrected chi connectivity index (χ0v) is 9.82. The minimum absolute atomic E-state index is 0.168. The van der Waals surface area contributed by atoms with E-state index in [1.807, 2.05) is 0 Å². The molecule has 0 radical (unpaired) electrons. The second kappa shape index (κ2) is 8.25. The number of nitriles is 1. The summed E-state index contributed by atoms with van der Waals surface area (Å²) in [7, 11) is 1.40. The van der Waals surface area contributed by atoms with Crippen molar-refractivity contribution in [2.75, 3.05) is 20.2 Å². The van der Waals surface area contributed by atoms with Crippen LogP contribution in [0.15, 0.2) is 0 Å². The molecule has 0 fully saturated rings. The highest BCUT2D eigenvalue weighted by Crippen LogP contribution is 2.03. The van der Waals surface area contributed by atoms with E-state index in [4.69, 9.17) is 5.26 Å². The molecule has 0 saturated heterocycles. The van der Waals surface area contributed by atoms with Gasteiger partial charge >= 0.3 is 5.97 Å². The number of methoxy groups -OCH3 is 1. The zero-order chi connectivity index (χ0) is 11.7. The van der Waals surface area contributed by atoms with Gasteiger partial charge in [-0.05, 0) is 26.8 Å². The second-order valence-corrected chi connectivity index (χ2v) is 3.72. The number of ether oxygens (including phenoxy) is 1. The average molecular weight is 212 g/mol. The molecule has 0 aromatic carbocycles. The van der Waals surface area contributed by atoms with Gasteiger partial charge in [-0.2, -0.15) is 5.26 Å². The van der Waals surface area contributed by atoms with Crippen molar-refractivity contribution >= 4 is 5.97 Å². The van der Waals surface area contributed by atoms with Gasteiger partial charge in [-0.15, -0.1) is 0 Å². The molecule has 0 heterocycles. The molecule has 0 aliphatic carbocycles. The molecule has 0 unspecified atom stereocenters. The highest BCUT2D eigenvalue weighted by molar-refractivity contribution is 5.69. The third kappa shape index (κ3) is 6.92. The van der Waals surface area contributed by atoms with E-state index in [0.29, 0.717) is 18.9 Å². The number of rotatable bonds is 7. The van der Waals surface area contributed by atoms with Crippen LogP contribution in [0.25, 0.3) is 0 Å². The van der Waals surface area contributed by atoms with Crippen LogP contribution in [0.3, 0.4) is 0 Å². The maximum Gasteiger partial charge on any atom is 0.305 e. The normalized spacial score (nSPS) is 10.4. The van der Waals surface area contributed by atoms with Crippen LogP contribution in [0.2, 0.25) is 0 Å². The van der Waals surface area contributed by atoms with Crippen LogP contribution in [0.4, 0.5) is 0 Å². The second-order valence-electron chi connectivity index (χ2n) is 3.72. The Balaban J connectivity index is 3.76. The molecule has 86 valence electrons. The third-order valence-electron chi connectivity index (χ3n) is 2.30. The molecule has 0 amide bonds. The topological polar surface area (TPSA) is 53.3 Å². The summed E-state index contributed by atoms with van der Waals surface area (Å²) in [5.74, 6) is -0.168. The van der Waals surface area contributed by atoms with Crippen molar-refractivity contribution in [3.8, 4) is 6.07 Å². The SMILES string of the molecule is COC(=O)CCCN(CCC#N)C(C)C. The van der Waals surface area contributed by atoms with Crippen LogP contribution < -0.4 is 0 Å². The van der Waals surface area contributed by atoms with Crippen LogP contribution in [-0.4, -0.2) is 37.1 Å². The van der Waals surface area contributed by atoms with Gasteiger partial charge in [0, 0.05) is 25.4 Å². The lowest BCUT2D eigenvalue weighted by atomic mass is 10.2. The number of hydrogen-bond donors (Lipinski definition) is 0. The molecule has 0 saturated carbocycles. The van der Waals surface area contributed by atoms with E-state index in [9.17, 15) is 4.79 Å². The van der Waals surface area contributed by atoms with Gasteiger partial charge in [-0.1, -0.05) is 0 Å². The molecule has 0 aromatic rings. The van der Waals surface area contributed by atoms with Crippen molar-refractivity contribution in [3.05, 3.63) is 0 Å². The molecule has 0 spiro atoms. The number of nitrogens with zero attached hydrogens (tertiary/aromatic N) is 2. The van der Waals surface area contributed by atoms with Crippen LogP contribution in [0.1, 0.15) is 33.1 Å². The summed E-state index contributed by atoms with van der Waals surface area (Å²) in [6.07, 6.45) is 1.78. The Bertz CT molecular complexity index is 221. The first-order chi connectivity index (χ1) is 7.11. The Morgan fingerprint density at radius 1 is 1.47 bits per heavy atom. The van der Waals surface area contributed by atoms with Crippen molar-refractivity contribution in [3.63, 3.8) is 0 Å². The van der Waals surface area contributed by atoms with Crippen LogP contribution in [0, 0.1) is 11.3 Å². The third-order valence-corrected chi connectivity index (χ3v) is 2.30. The smallest absolute Gasteiger partial charge is 0.305 e. The van der Waals surface area contributed by atoms with E-state index in [1.165, 1.54) is 7.11 Å². The first kappa shape index (κ1) is 13.9. The molecule has 15 heavy (non-hydrogen) atoms. The lowest BCUT2D eigenvalue weighted by molar-refractivity contribution is -0.140. The highest BCUT2D eigenvalue weighted by Gasteiger charge is 2.09. The molecule has 0 atom stereocenters. The average Bonchev–Trinajstić information content (AvgIpc) is 2.22. The maximum atomic E-state index is 10.9. The van der Waals surface area contributed by atoms with Gasteiger partial charge in [0.15, 0.2) is 0 Å². The Morgan fingerprint density at radius 3 is 2.60 bits per heavy atom. The molecular formula is C11H20N2O2. The van der Waals surface area contributed by atoms with Crippen LogP contribution in [0.5, 0.6) is 0 Å². The number of esters is 1. The summed E-state index contributed by atoms with van der Waals surface area (Å²) in [5, 5.41) is 8.50. The molecule has 4 heteroatoms. The standard InChI is InChI=1S/C11H20N2O2/c1-10(2)13(9-5-7-12)8-4-6-11(14)15-3/h10H,4-6,8-9H2,1-3H3. The molecule has 0 aromatic heterocycles. The van der Waals surface area contributed by atoms with E-state index in [0.717, 1.165) is 19.5 Å². The molecule has 0 aliphatic rings. The summed E-state index contributed by atoms with van der Waals surface area (Å²) < 4.78 is 4.56. The molecule has 4 nitrogen and oxygen atoms in total. The summed E-state index contributed by atoms with van der Waals surface area (Å²) in [6.45, 7) is 5.80. The van der Waals surface area contributed by atoms with Gasteiger partial charge < -0.3 is 4.74 Å². The quantitative estimate of drug-likeness (QED) is 0.601. The monoisotopic (exact) mass is 212 g/mol.